The van der Waals surface area contributed by atoms with Crippen molar-refractivity contribution in [1.82, 2.24) is 25.4 Å². The average Bonchev–Trinajstić information content (AvgIpc) is 3.21. The molecule has 0 spiro atoms. The van der Waals surface area contributed by atoms with Crippen LogP contribution in [0, 0.1) is 6.92 Å². The van der Waals surface area contributed by atoms with Gasteiger partial charge in [0.15, 0.2) is 5.96 Å². The average molecular weight is 417 g/mol. The summed E-state index contributed by atoms with van der Waals surface area (Å²) in [5, 5.41) is 15.0. The van der Waals surface area contributed by atoms with Crippen LogP contribution in [0.5, 0.6) is 5.75 Å². The summed E-state index contributed by atoms with van der Waals surface area (Å²) in [4.78, 5) is 4.69. The molecule has 8 heteroatoms. The topological polar surface area (TPSA) is 85.6 Å². The maximum atomic E-state index is 5.49. The number of aliphatic imine (C=N–C) groups is 1. The molecule has 8 nitrogen and oxygen atoms in total. The van der Waals surface area contributed by atoms with Crippen molar-refractivity contribution in [2.24, 2.45) is 4.99 Å². The second-order valence-electron chi connectivity index (χ2n) is 6.99. The normalized spacial score (nSPS) is 11.5. The highest BCUT2D eigenvalue weighted by Gasteiger charge is 2.06. The number of methoxy groups -OCH3 is 1. The van der Waals surface area contributed by atoms with Gasteiger partial charge in [-0.25, -0.2) is 0 Å². The third-order valence-corrected chi connectivity index (χ3v) is 4.70. The summed E-state index contributed by atoms with van der Waals surface area (Å²) in [5.74, 6) is 2.72. The van der Waals surface area contributed by atoms with Crippen molar-refractivity contribution in [3.05, 3.63) is 41.5 Å². The van der Waals surface area contributed by atoms with Gasteiger partial charge in [0, 0.05) is 45.8 Å². The third kappa shape index (κ3) is 8.02. The van der Waals surface area contributed by atoms with Crippen LogP contribution in [0.25, 0.3) is 0 Å². The minimum Gasteiger partial charge on any atom is -0.496 e. The molecule has 2 aromatic rings. The molecule has 0 aliphatic rings. The van der Waals surface area contributed by atoms with Crippen LogP contribution in [0.1, 0.15) is 37.2 Å². The third-order valence-electron chi connectivity index (χ3n) is 4.70. The van der Waals surface area contributed by atoms with E-state index in [1.807, 2.05) is 13.0 Å². The molecule has 0 saturated carbocycles. The molecule has 1 heterocycles. The fraction of sp³-hybridized carbons (Fsp3) is 0.591. The lowest BCUT2D eigenvalue weighted by atomic mass is 10.1. The summed E-state index contributed by atoms with van der Waals surface area (Å²) in [6, 6.07) is 6.26. The number of nitrogens with zero attached hydrogens (tertiary/aromatic N) is 4. The Balaban J connectivity index is 1.88. The van der Waals surface area contributed by atoms with Crippen LogP contribution < -0.4 is 15.4 Å². The molecule has 0 radical (unpaired) electrons. The monoisotopic (exact) mass is 416 g/mol. The minimum absolute atomic E-state index is 0.718. The predicted molar refractivity (Wildman–Crippen MR) is 120 cm³/mol. The molecule has 0 fully saturated rings. The second-order valence-corrected chi connectivity index (χ2v) is 6.99. The van der Waals surface area contributed by atoms with E-state index in [1.54, 1.807) is 13.4 Å². The van der Waals surface area contributed by atoms with Gasteiger partial charge in [0.25, 0.3) is 0 Å². The van der Waals surface area contributed by atoms with Crippen LogP contribution in [-0.4, -0.2) is 60.7 Å². The number of benzene rings is 1. The van der Waals surface area contributed by atoms with Crippen molar-refractivity contribution in [1.29, 1.82) is 0 Å². The molecule has 0 saturated heterocycles. The first-order chi connectivity index (χ1) is 14.7. The molecule has 0 bridgehead atoms. The van der Waals surface area contributed by atoms with Crippen LogP contribution in [0.15, 0.2) is 29.5 Å². The highest BCUT2D eigenvalue weighted by atomic mass is 16.5. The van der Waals surface area contributed by atoms with E-state index in [4.69, 9.17) is 14.5 Å². The standard InChI is InChI=1S/C22H36N6O2/c1-5-21-27-26-17-28(21)14-13-25-22(23-11-7-15-30-6-2)24-12-10-19-16-18(3)8-9-20(19)29-4/h8-9,16-17H,5-7,10-15H2,1-4H3,(H2,23,24,25). The van der Waals surface area contributed by atoms with Crippen LogP contribution in [0.2, 0.25) is 0 Å². The van der Waals surface area contributed by atoms with E-state index in [0.717, 1.165) is 76.2 Å². The Morgan fingerprint density at radius 1 is 1.20 bits per heavy atom. The molecule has 30 heavy (non-hydrogen) atoms. The Hall–Kier alpha value is -2.61. The Labute approximate surface area is 180 Å². The van der Waals surface area contributed by atoms with E-state index in [2.05, 4.69) is 51.4 Å². The van der Waals surface area contributed by atoms with Gasteiger partial charge in [0.05, 0.1) is 7.11 Å². The number of guanidine groups is 1. The van der Waals surface area contributed by atoms with E-state index in [0.29, 0.717) is 0 Å². The lowest BCUT2D eigenvalue weighted by Crippen LogP contribution is -2.40. The van der Waals surface area contributed by atoms with Gasteiger partial charge in [-0.2, -0.15) is 0 Å². The molecule has 1 aromatic heterocycles. The SMILES string of the molecule is CCOCCCN=C(NCCc1cc(C)ccc1OC)NCCn1cnnc1CC. The zero-order valence-corrected chi connectivity index (χ0v) is 18.8. The van der Waals surface area contributed by atoms with Crippen LogP contribution in [0.3, 0.4) is 0 Å². The molecule has 2 rings (SSSR count). The summed E-state index contributed by atoms with van der Waals surface area (Å²) >= 11 is 0. The quantitative estimate of drug-likeness (QED) is 0.296. The maximum Gasteiger partial charge on any atom is 0.191 e. The maximum absolute atomic E-state index is 5.49. The lowest BCUT2D eigenvalue weighted by Gasteiger charge is -2.15. The highest BCUT2D eigenvalue weighted by molar-refractivity contribution is 5.79. The van der Waals surface area contributed by atoms with Gasteiger partial charge >= 0.3 is 0 Å². The zero-order valence-electron chi connectivity index (χ0n) is 18.8. The molecular formula is C22H36N6O2. The van der Waals surface area contributed by atoms with Crippen molar-refractivity contribution in [2.75, 3.05) is 40.0 Å². The molecular weight excluding hydrogens is 380 g/mol. The lowest BCUT2D eigenvalue weighted by molar-refractivity contribution is 0.146. The van der Waals surface area contributed by atoms with Crippen LogP contribution >= 0.6 is 0 Å². The van der Waals surface area contributed by atoms with Gasteiger partial charge in [-0.15, -0.1) is 10.2 Å². The van der Waals surface area contributed by atoms with Gasteiger partial charge in [-0.1, -0.05) is 24.6 Å². The van der Waals surface area contributed by atoms with E-state index in [-0.39, 0.29) is 0 Å². The Morgan fingerprint density at radius 3 is 2.80 bits per heavy atom. The number of hydrogen-bond acceptors (Lipinski definition) is 5. The predicted octanol–water partition coefficient (Wildman–Crippen LogP) is 2.36. The molecule has 166 valence electrons. The molecule has 0 aliphatic carbocycles. The Bertz CT molecular complexity index is 775. The number of hydrogen-bond donors (Lipinski definition) is 2. The fourth-order valence-corrected chi connectivity index (χ4v) is 3.13. The minimum atomic E-state index is 0.718. The van der Waals surface area contributed by atoms with Gasteiger partial charge in [0.1, 0.15) is 17.9 Å². The van der Waals surface area contributed by atoms with Crippen LogP contribution in [-0.2, 0) is 24.1 Å². The summed E-state index contributed by atoms with van der Waals surface area (Å²) in [5.41, 5.74) is 2.42. The van der Waals surface area contributed by atoms with Crippen molar-refractivity contribution < 1.29 is 9.47 Å². The number of nitrogens with one attached hydrogen (secondary N) is 2. The van der Waals surface area contributed by atoms with Gasteiger partial charge in [-0.3, -0.25) is 4.99 Å². The molecule has 0 amide bonds. The van der Waals surface area contributed by atoms with Crippen molar-refractivity contribution in [3.8, 4) is 5.75 Å². The number of rotatable bonds is 13. The van der Waals surface area contributed by atoms with Gasteiger partial charge < -0.3 is 24.7 Å². The van der Waals surface area contributed by atoms with Crippen LogP contribution in [0.4, 0.5) is 0 Å². The fourth-order valence-electron chi connectivity index (χ4n) is 3.13. The zero-order chi connectivity index (χ0) is 21.6. The summed E-state index contributed by atoms with van der Waals surface area (Å²) in [7, 11) is 1.71. The number of aryl methyl sites for hydroxylation is 2. The first kappa shape index (κ1) is 23.7. The Kier molecular flexibility index (Phi) is 10.7. The van der Waals surface area contributed by atoms with E-state index in [9.17, 15) is 0 Å². The van der Waals surface area contributed by atoms with Crippen molar-refractivity contribution in [2.45, 2.75) is 46.6 Å². The molecule has 1 aromatic carbocycles. The summed E-state index contributed by atoms with van der Waals surface area (Å²) < 4.78 is 13.0. The first-order valence-electron chi connectivity index (χ1n) is 10.8. The summed E-state index contributed by atoms with van der Waals surface area (Å²) in [6.45, 7) is 10.7. The van der Waals surface area contributed by atoms with Gasteiger partial charge in [-0.05, 0) is 38.3 Å². The molecule has 0 atom stereocenters. The first-order valence-corrected chi connectivity index (χ1v) is 10.8. The Morgan fingerprint density at radius 2 is 2.03 bits per heavy atom. The van der Waals surface area contributed by atoms with Crippen molar-refractivity contribution in [3.63, 3.8) is 0 Å². The summed E-state index contributed by atoms with van der Waals surface area (Å²) in [6.07, 6.45) is 4.40. The van der Waals surface area contributed by atoms with E-state index >= 15 is 0 Å². The molecule has 0 aliphatic heterocycles. The van der Waals surface area contributed by atoms with Crippen molar-refractivity contribution >= 4 is 5.96 Å². The smallest absolute Gasteiger partial charge is 0.191 e. The largest absolute Gasteiger partial charge is 0.496 e. The van der Waals surface area contributed by atoms with Gasteiger partial charge in [0.2, 0.25) is 0 Å². The number of ether oxygens (including phenoxy) is 2. The van der Waals surface area contributed by atoms with E-state index in [1.165, 1.54) is 11.1 Å². The van der Waals surface area contributed by atoms with E-state index < -0.39 is 0 Å². The molecule has 2 N–H and O–H groups in total. The molecule has 0 unspecified atom stereocenters. The number of aromatic nitrogens is 3. The highest BCUT2D eigenvalue weighted by Crippen LogP contribution is 2.19. The second kappa shape index (κ2) is 13.6.